The Hall–Kier alpha value is -2.65. The topological polar surface area (TPSA) is 127 Å². The number of nitrogens with two attached hydrogens (primary N) is 1. The van der Waals surface area contributed by atoms with E-state index >= 15 is 0 Å². The van der Waals surface area contributed by atoms with Crippen LogP contribution < -0.4 is 16.4 Å². The summed E-state index contributed by atoms with van der Waals surface area (Å²) in [5.41, 5.74) is 8.12. The summed E-state index contributed by atoms with van der Waals surface area (Å²) in [5, 5.41) is 24.7. The minimum absolute atomic E-state index is 0.0271. The first-order valence-electron chi connectivity index (χ1n) is 8.73. The molecule has 3 rings (SSSR count). The average molecular weight is 391 g/mol. The number of aryl methyl sites for hydroxylation is 1. The molecule has 0 aliphatic rings. The second-order valence-corrected chi connectivity index (χ2v) is 6.92. The zero-order chi connectivity index (χ0) is 19.6. The lowest BCUT2D eigenvalue weighted by Gasteiger charge is -2.20. The number of fused-ring (bicyclic) bond motifs is 1. The van der Waals surface area contributed by atoms with Crippen LogP contribution in [-0.4, -0.2) is 42.7 Å². The lowest BCUT2D eigenvalue weighted by atomic mass is 10.1. The Balaban J connectivity index is 2.04. The van der Waals surface area contributed by atoms with E-state index in [0.717, 1.165) is 0 Å². The number of aliphatic hydroxyl groups is 1. The van der Waals surface area contributed by atoms with Crippen LogP contribution in [0.15, 0.2) is 18.2 Å². The van der Waals surface area contributed by atoms with Gasteiger partial charge in [-0.15, -0.1) is 5.10 Å². The quantitative estimate of drug-likeness (QED) is 0.453. The van der Waals surface area contributed by atoms with Crippen molar-refractivity contribution < 1.29 is 5.11 Å². The minimum Gasteiger partial charge on any atom is -0.398 e. The van der Waals surface area contributed by atoms with E-state index in [0.29, 0.717) is 45.9 Å². The van der Waals surface area contributed by atoms with Crippen molar-refractivity contribution in [3.63, 3.8) is 0 Å². The monoisotopic (exact) mass is 390 g/mol. The van der Waals surface area contributed by atoms with Crippen molar-refractivity contribution in [1.82, 2.24) is 25.0 Å². The molecule has 0 spiro atoms. The fourth-order valence-corrected chi connectivity index (χ4v) is 2.73. The molecule has 2 heterocycles. The van der Waals surface area contributed by atoms with Crippen LogP contribution in [0.1, 0.15) is 20.8 Å². The number of anilines is 4. The first kappa shape index (κ1) is 19.1. The molecule has 0 aliphatic carbocycles. The second-order valence-electron chi connectivity index (χ2n) is 6.51. The normalized spacial score (nSPS) is 12.5. The van der Waals surface area contributed by atoms with Crippen molar-refractivity contribution >= 4 is 45.9 Å². The van der Waals surface area contributed by atoms with E-state index in [1.165, 1.54) is 0 Å². The van der Waals surface area contributed by atoms with Crippen LogP contribution in [-0.2, 0) is 6.54 Å². The van der Waals surface area contributed by atoms with E-state index in [4.69, 9.17) is 17.3 Å². The van der Waals surface area contributed by atoms with Gasteiger partial charge in [0.15, 0.2) is 17.0 Å². The van der Waals surface area contributed by atoms with E-state index in [1.54, 1.807) is 22.9 Å². The van der Waals surface area contributed by atoms with Gasteiger partial charge in [-0.2, -0.15) is 9.97 Å². The lowest BCUT2D eigenvalue weighted by molar-refractivity contribution is 0.248. The van der Waals surface area contributed by atoms with Gasteiger partial charge in [-0.3, -0.25) is 0 Å². The number of nitrogen functional groups attached to an aromatic ring is 1. The van der Waals surface area contributed by atoms with Gasteiger partial charge in [0, 0.05) is 12.2 Å². The minimum atomic E-state index is -0.174. The van der Waals surface area contributed by atoms with Crippen LogP contribution in [0.25, 0.3) is 11.2 Å². The highest BCUT2D eigenvalue weighted by Crippen LogP contribution is 2.28. The maximum Gasteiger partial charge on any atom is 0.227 e. The van der Waals surface area contributed by atoms with Gasteiger partial charge in [-0.1, -0.05) is 30.7 Å². The molecule has 0 saturated carbocycles. The van der Waals surface area contributed by atoms with Gasteiger partial charge < -0.3 is 21.5 Å². The van der Waals surface area contributed by atoms with Crippen molar-refractivity contribution in [3.05, 3.63) is 23.2 Å². The molecule has 1 unspecified atom stereocenters. The van der Waals surface area contributed by atoms with Gasteiger partial charge in [0.1, 0.15) is 0 Å². The third-order valence-electron chi connectivity index (χ3n) is 4.24. The van der Waals surface area contributed by atoms with E-state index < -0.39 is 0 Å². The highest BCUT2D eigenvalue weighted by molar-refractivity contribution is 6.33. The summed E-state index contributed by atoms with van der Waals surface area (Å²) in [6, 6.07) is 5.06. The van der Waals surface area contributed by atoms with Gasteiger partial charge in [0.05, 0.1) is 23.4 Å². The number of rotatable bonds is 7. The zero-order valence-corrected chi connectivity index (χ0v) is 16.2. The van der Waals surface area contributed by atoms with E-state index in [9.17, 15) is 5.11 Å². The van der Waals surface area contributed by atoms with Crippen molar-refractivity contribution in [2.75, 3.05) is 23.0 Å². The number of hydrogen-bond donors (Lipinski definition) is 4. The number of nitrogens with zero attached hydrogens (tertiary/aromatic N) is 5. The first-order valence-corrected chi connectivity index (χ1v) is 9.11. The molecule has 0 amide bonds. The Morgan fingerprint density at radius 1 is 1.30 bits per heavy atom. The Labute approximate surface area is 161 Å². The lowest BCUT2D eigenvalue weighted by Crippen LogP contribution is -2.30. The largest absolute Gasteiger partial charge is 0.398 e. The summed E-state index contributed by atoms with van der Waals surface area (Å²) in [6.07, 6.45) is 0. The summed E-state index contributed by atoms with van der Waals surface area (Å²) >= 11 is 6.11. The summed E-state index contributed by atoms with van der Waals surface area (Å²) in [7, 11) is 0. The Morgan fingerprint density at radius 3 is 2.70 bits per heavy atom. The highest BCUT2D eigenvalue weighted by atomic mass is 35.5. The molecule has 0 aliphatic heterocycles. The molecule has 3 aromatic rings. The first-order chi connectivity index (χ1) is 12.9. The van der Waals surface area contributed by atoms with Gasteiger partial charge >= 0.3 is 0 Å². The molecule has 0 bridgehead atoms. The number of nitrogens with one attached hydrogen (secondary N) is 2. The molecule has 144 valence electrons. The fourth-order valence-electron chi connectivity index (χ4n) is 2.55. The Morgan fingerprint density at radius 2 is 2.07 bits per heavy atom. The number of aromatic nitrogens is 5. The van der Waals surface area contributed by atoms with Gasteiger partial charge in [-0.05, 0) is 31.0 Å². The van der Waals surface area contributed by atoms with Crippen LogP contribution in [0.5, 0.6) is 0 Å². The highest BCUT2D eigenvalue weighted by Gasteiger charge is 2.18. The van der Waals surface area contributed by atoms with E-state index in [-0.39, 0.29) is 18.6 Å². The van der Waals surface area contributed by atoms with E-state index in [2.05, 4.69) is 30.9 Å². The third kappa shape index (κ3) is 4.04. The molecule has 0 saturated heterocycles. The predicted octanol–water partition coefficient (Wildman–Crippen LogP) is 2.65. The summed E-state index contributed by atoms with van der Waals surface area (Å²) < 4.78 is 1.69. The summed E-state index contributed by atoms with van der Waals surface area (Å²) in [5.74, 6) is 1.08. The maximum absolute atomic E-state index is 9.60. The van der Waals surface area contributed by atoms with Crippen LogP contribution in [0.2, 0.25) is 5.02 Å². The molecule has 1 aromatic carbocycles. The molecule has 1 atom stereocenters. The smallest absolute Gasteiger partial charge is 0.227 e. The third-order valence-corrected chi connectivity index (χ3v) is 4.57. The van der Waals surface area contributed by atoms with Gasteiger partial charge in [0.2, 0.25) is 5.95 Å². The van der Waals surface area contributed by atoms with Crippen LogP contribution in [0, 0.1) is 5.92 Å². The summed E-state index contributed by atoms with van der Waals surface area (Å²) in [6.45, 7) is 6.58. The molecule has 5 N–H and O–H groups in total. The van der Waals surface area contributed by atoms with Crippen LogP contribution in [0.3, 0.4) is 0 Å². The maximum atomic E-state index is 9.60. The van der Waals surface area contributed by atoms with Gasteiger partial charge in [-0.25, -0.2) is 4.68 Å². The molecule has 2 aromatic heterocycles. The van der Waals surface area contributed by atoms with Gasteiger partial charge in [0.25, 0.3) is 0 Å². The average Bonchev–Trinajstić information content (AvgIpc) is 3.05. The standard InChI is InChI=1S/C17H23ClN8O/c1-4-26-16-14(24-25-26)15(20-10-5-6-12(19)11(18)7-10)22-17(23-16)21-13(8-27)9(2)3/h5-7,9,13,27H,4,8,19H2,1-3H3,(H2,20,21,22,23). The SMILES string of the molecule is CCn1nnc2c(Nc3ccc(N)c(Cl)c3)nc(NC(CO)C(C)C)nc21. The second kappa shape index (κ2) is 7.93. The molecule has 0 fully saturated rings. The molecule has 10 heteroatoms. The molecule has 9 nitrogen and oxygen atoms in total. The Kier molecular flexibility index (Phi) is 5.62. The number of hydrogen-bond acceptors (Lipinski definition) is 8. The molecule has 27 heavy (non-hydrogen) atoms. The van der Waals surface area contributed by atoms with Crippen molar-refractivity contribution in [1.29, 1.82) is 0 Å². The molecular formula is C17H23ClN8O. The molecular weight excluding hydrogens is 368 g/mol. The summed E-state index contributed by atoms with van der Waals surface area (Å²) in [4.78, 5) is 9.06. The van der Waals surface area contributed by atoms with Crippen molar-refractivity contribution in [2.24, 2.45) is 5.92 Å². The van der Waals surface area contributed by atoms with Crippen molar-refractivity contribution in [3.8, 4) is 0 Å². The fraction of sp³-hybridized carbons (Fsp3) is 0.412. The molecule has 0 radical (unpaired) electrons. The van der Waals surface area contributed by atoms with Crippen molar-refractivity contribution in [2.45, 2.75) is 33.4 Å². The Bertz CT molecular complexity index is 942. The predicted molar refractivity (Wildman–Crippen MR) is 107 cm³/mol. The zero-order valence-electron chi connectivity index (χ0n) is 15.4. The number of aliphatic hydroxyl groups excluding tert-OH is 1. The van der Waals surface area contributed by atoms with Crippen LogP contribution in [0.4, 0.5) is 23.1 Å². The van der Waals surface area contributed by atoms with Crippen LogP contribution >= 0.6 is 11.6 Å². The van der Waals surface area contributed by atoms with E-state index in [1.807, 2.05) is 20.8 Å². The number of halogens is 1. The number of benzene rings is 1.